The lowest BCUT2D eigenvalue weighted by molar-refractivity contribution is 0.635. The summed E-state index contributed by atoms with van der Waals surface area (Å²) >= 11 is 0. The minimum absolute atomic E-state index is 0.0275. The second kappa shape index (κ2) is 6.95. The van der Waals surface area contributed by atoms with E-state index in [1.165, 1.54) is 17.0 Å². The molecule has 2 aromatic heterocycles. The molecule has 1 N–H and O–H groups in total. The Kier molecular flexibility index (Phi) is 4.33. The SMILES string of the molecule is C[C@H](Nc1cncnc1)c1nc2cccc(F)c2c(=O)n1-c1ccccc1. The summed E-state index contributed by atoms with van der Waals surface area (Å²) in [5.41, 5.74) is 1.18. The molecule has 7 heteroatoms. The van der Waals surface area contributed by atoms with Crippen molar-refractivity contribution in [3.05, 3.63) is 89.2 Å². The van der Waals surface area contributed by atoms with Crippen molar-refractivity contribution >= 4 is 16.6 Å². The Bertz CT molecular complexity index is 1150. The number of benzene rings is 2. The molecule has 1 atom stereocenters. The average molecular weight is 361 g/mol. The zero-order valence-electron chi connectivity index (χ0n) is 14.5. The summed E-state index contributed by atoms with van der Waals surface area (Å²) in [7, 11) is 0. The molecule has 0 unspecified atom stereocenters. The van der Waals surface area contributed by atoms with Gasteiger partial charge in [-0.05, 0) is 31.2 Å². The minimum Gasteiger partial charge on any atom is -0.373 e. The molecule has 2 heterocycles. The number of para-hydroxylation sites is 1. The molecule has 0 bridgehead atoms. The van der Waals surface area contributed by atoms with Crippen LogP contribution in [0.1, 0.15) is 18.8 Å². The van der Waals surface area contributed by atoms with Crippen LogP contribution in [0.15, 0.2) is 72.0 Å². The average Bonchev–Trinajstić information content (AvgIpc) is 2.69. The maximum atomic E-state index is 14.3. The molecule has 0 saturated carbocycles. The van der Waals surface area contributed by atoms with Crippen molar-refractivity contribution in [3.8, 4) is 5.69 Å². The Morgan fingerprint density at radius 3 is 2.52 bits per heavy atom. The normalized spacial score (nSPS) is 12.1. The van der Waals surface area contributed by atoms with Crippen LogP contribution in [0.2, 0.25) is 0 Å². The lowest BCUT2D eigenvalue weighted by Gasteiger charge is -2.20. The first-order chi connectivity index (χ1) is 13.1. The third-order valence-electron chi connectivity index (χ3n) is 4.22. The van der Waals surface area contributed by atoms with Crippen molar-refractivity contribution in [1.29, 1.82) is 0 Å². The van der Waals surface area contributed by atoms with Crippen LogP contribution in [0.3, 0.4) is 0 Å². The van der Waals surface area contributed by atoms with Crippen molar-refractivity contribution in [1.82, 2.24) is 19.5 Å². The number of rotatable bonds is 4. The third kappa shape index (κ3) is 3.15. The van der Waals surface area contributed by atoms with E-state index in [1.54, 1.807) is 36.7 Å². The van der Waals surface area contributed by atoms with Crippen LogP contribution in [0.5, 0.6) is 0 Å². The number of nitrogens with one attached hydrogen (secondary N) is 1. The zero-order chi connectivity index (χ0) is 18.8. The van der Waals surface area contributed by atoms with Gasteiger partial charge in [-0.2, -0.15) is 0 Å². The number of hydrogen-bond acceptors (Lipinski definition) is 5. The predicted molar refractivity (Wildman–Crippen MR) is 101 cm³/mol. The highest BCUT2D eigenvalue weighted by atomic mass is 19.1. The molecule has 4 rings (SSSR count). The fourth-order valence-corrected chi connectivity index (χ4v) is 3.01. The molecule has 0 fully saturated rings. The van der Waals surface area contributed by atoms with Gasteiger partial charge in [0.1, 0.15) is 23.4 Å². The van der Waals surface area contributed by atoms with Crippen LogP contribution in [-0.2, 0) is 0 Å². The first kappa shape index (κ1) is 16.8. The van der Waals surface area contributed by atoms with Crippen molar-refractivity contribution < 1.29 is 4.39 Å². The number of fused-ring (bicyclic) bond motifs is 1. The summed E-state index contributed by atoms with van der Waals surface area (Å²) in [6, 6.07) is 13.2. The lowest BCUT2D eigenvalue weighted by Crippen LogP contribution is -2.27. The second-order valence-electron chi connectivity index (χ2n) is 6.07. The van der Waals surface area contributed by atoms with Crippen LogP contribution in [0.4, 0.5) is 10.1 Å². The summed E-state index contributed by atoms with van der Waals surface area (Å²) in [5, 5.41) is 3.21. The highest BCUT2D eigenvalue weighted by Gasteiger charge is 2.19. The quantitative estimate of drug-likeness (QED) is 0.602. The van der Waals surface area contributed by atoms with Crippen molar-refractivity contribution in [2.24, 2.45) is 0 Å². The van der Waals surface area contributed by atoms with Crippen LogP contribution < -0.4 is 10.9 Å². The molecular formula is C20H16FN5O. The summed E-state index contributed by atoms with van der Waals surface area (Å²) in [6.45, 7) is 1.87. The van der Waals surface area contributed by atoms with Crippen molar-refractivity contribution in [2.75, 3.05) is 5.32 Å². The molecule has 0 amide bonds. The van der Waals surface area contributed by atoms with E-state index < -0.39 is 11.4 Å². The highest BCUT2D eigenvalue weighted by molar-refractivity contribution is 5.78. The van der Waals surface area contributed by atoms with E-state index in [-0.39, 0.29) is 11.4 Å². The minimum atomic E-state index is -0.585. The summed E-state index contributed by atoms with van der Waals surface area (Å²) in [6.07, 6.45) is 4.71. The highest BCUT2D eigenvalue weighted by Crippen LogP contribution is 2.22. The Balaban J connectivity index is 1.94. The summed E-state index contributed by atoms with van der Waals surface area (Å²) in [4.78, 5) is 25.7. The number of nitrogens with zero attached hydrogens (tertiary/aromatic N) is 4. The van der Waals surface area contributed by atoms with Crippen LogP contribution in [-0.4, -0.2) is 19.5 Å². The molecule has 0 spiro atoms. The monoisotopic (exact) mass is 361 g/mol. The summed E-state index contributed by atoms with van der Waals surface area (Å²) in [5.74, 6) is -0.119. The Labute approximate surface area is 154 Å². The lowest BCUT2D eigenvalue weighted by atomic mass is 10.2. The molecule has 0 aliphatic rings. The van der Waals surface area contributed by atoms with E-state index in [1.807, 2.05) is 25.1 Å². The zero-order valence-corrected chi connectivity index (χ0v) is 14.5. The predicted octanol–water partition coefficient (Wildman–Crippen LogP) is 3.49. The number of anilines is 1. The second-order valence-corrected chi connectivity index (χ2v) is 6.07. The Hall–Kier alpha value is -3.61. The molecule has 134 valence electrons. The maximum Gasteiger partial charge on any atom is 0.269 e. The van der Waals surface area contributed by atoms with Gasteiger partial charge in [-0.1, -0.05) is 24.3 Å². The Morgan fingerprint density at radius 2 is 1.78 bits per heavy atom. The number of aromatic nitrogens is 4. The van der Waals surface area contributed by atoms with Gasteiger partial charge in [-0.15, -0.1) is 0 Å². The van der Waals surface area contributed by atoms with E-state index in [0.717, 1.165) is 0 Å². The fraction of sp³-hybridized carbons (Fsp3) is 0.100. The van der Waals surface area contributed by atoms with Crippen LogP contribution in [0, 0.1) is 5.82 Å². The molecule has 2 aromatic carbocycles. The smallest absolute Gasteiger partial charge is 0.269 e. The largest absolute Gasteiger partial charge is 0.373 e. The fourth-order valence-electron chi connectivity index (χ4n) is 3.01. The number of halogens is 1. The molecular weight excluding hydrogens is 345 g/mol. The van der Waals surface area contributed by atoms with E-state index in [0.29, 0.717) is 22.7 Å². The topological polar surface area (TPSA) is 72.7 Å². The molecule has 0 aliphatic carbocycles. The van der Waals surface area contributed by atoms with Gasteiger partial charge in [0.2, 0.25) is 0 Å². The molecule has 0 saturated heterocycles. The number of hydrogen-bond donors (Lipinski definition) is 1. The first-order valence-corrected chi connectivity index (χ1v) is 8.43. The van der Waals surface area contributed by atoms with E-state index >= 15 is 0 Å². The van der Waals surface area contributed by atoms with Crippen molar-refractivity contribution in [3.63, 3.8) is 0 Å². The van der Waals surface area contributed by atoms with Gasteiger partial charge in [0.15, 0.2) is 0 Å². The maximum absolute atomic E-state index is 14.3. The van der Waals surface area contributed by atoms with Crippen LogP contribution >= 0.6 is 0 Å². The first-order valence-electron chi connectivity index (χ1n) is 8.43. The van der Waals surface area contributed by atoms with Gasteiger partial charge in [-0.25, -0.2) is 19.3 Å². The van der Waals surface area contributed by atoms with Gasteiger partial charge in [0.05, 0.1) is 35.3 Å². The van der Waals surface area contributed by atoms with Gasteiger partial charge in [0, 0.05) is 0 Å². The third-order valence-corrected chi connectivity index (χ3v) is 4.22. The molecule has 6 nitrogen and oxygen atoms in total. The van der Waals surface area contributed by atoms with Gasteiger partial charge < -0.3 is 5.32 Å². The van der Waals surface area contributed by atoms with E-state index in [9.17, 15) is 9.18 Å². The molecule has 27 heavy (non-hydrogen) atoms. The molecule has 0 radical (unpaired) electrons. The molecule has 0 aliphatic heterocycles. The standard InChI is InChI=1S/C20H16FN5O/c1-13(24-14-10-22-12-23-11-14)19-25-17-9-5-8-16(21)18(17)20(27)26(19)15-6-3-2-4-7-15/h2-13,24H,1H3/t13-/m0/s1. The van der Waals surface area contributed by atoms with Crippen molar-refractivity contribution in [2.45, 2.75) is 13.0 Å². The van der Waals surface area contributed by atoms with E-state index in [4.69, 9.17) is 0 Å². The van der Waals surface area contributed by atoms with Gasteiger partial charge in [-0.3, -0.25) is 9.36 Å². The Morgan fingerprint density at radius 1 is 1.04 bits per heavy atom. The molecule has 4 aromatic rings. The van der Waals surface area contributed by atoms with Crippen LogP contribution in [0.25, 0.3) is 16.6 Å². The van der Waals surface area contributed by atoms with Gasteiger partial charge in [0.25, 0.3) is 5.56 Å². The summed E-state index contributed by atoms with van der Waals surface area (Å²) < 4.78 is 15.8. The van der Waals surface area contributed by atoms with E-state index in [2.05, 4.69) is 20.3 Å². The van der Waals surface area contributed by atoms with Gasteiger partial charge >= 0.3 is 0 Å².